The SMILES string of the molecule is CC(=O)c1ccccc1C#CCBr. The lowest BCUT2D eigenvalue weighted by atomic mass is 10.1. The Labute approximate surface area is 86.3 Å². The topological polar surface area (TPSA) is 17.1 Å². The van der Waals surface area contributed by atoms with Crippen molar-refractivity contribution in [2.24, 2.45) is 0 Å². The number of hydrogen-bond acceptors (Lipinski definition) is 1. The molecule has 0 saturated carbocycles. The van der Waals surface area contributed by atoms with E-state index in [1.165, 1.54) is 0 Å². The molecule has 1 nitrogen and oxygen atoms in total. The van der Waals surface area contributed by atoms with E-state index < -0.39 is 0 Å². The van der Waals surface area contributed by atoms with Crippen molar-refractivity contribution in [2.75, 3.05) is 5.33 Å². The van der Waals surface area contributed by atoms with E-state index in [2.05, 4.69) is 27.8 Å². The number of Topliss-reactive ketones (excluding diaryl/α,β-unsaturated/α-hetero) is 1. The van der Waals surface area contributed by atoms with Crippen molar-refractivity contribution in [2.45, 2.75) is 6.92 Å². The number of benzene rings is 1. The molecule has 0 amide bonds. The molecular formula is C11H9BrO. The summed E-state index contributed by atoms with van der Waals surface area (Å²) in [4.78, 5) is 11.1. The number of alkyl halides is 1. The Bertz CT molecular complexity index is 371. The summed E-state index contributed by atoms with van der Waals surface area (Å²) in [6.45, 7) is 1.55. The van der Waals surface area contributed by atoms with Crippen molar-refractivity contribution in [1.82, 2.24) is 0 Å². The van der Waals surface area contributed by atoms with Crippen LogP contribution in [-0.2, 0) is 0 Å². The molecule has 2 heteroatoms. The van der Waals surface area contributed by atoms with Crippen LogP contribution in [0.4, 0.5) is 0 Å². The first-order valence-electron chi connectivity index (χ1n) is 3.90. The molecule has 0 aliphatic heterocycles. The van der Waals surface area contributed by atoms with Crippen LogP contribution in [0.25, 0.3) is 0 Å². The van der Waals surface area contributed by atoms with Gasteiger partial charge < -0.3 is 0 Å². The minimum Gasteiger partial charge on any atom is -0.294 e. The van der Waals surface area contributed by atoms with Gasteiger partial charge in [-0.05, 0) is 13.0 Å². The smallest absolute Gasteiger partial charge is 0.161 e. The fourth-order valence-electron chi connectivity index (χ4n) is 1.03. The van der Waals surface area contributed by atoms with Crippen LogP contribution in [0.5, 0.6) is 0 Å². The summed E-state index contributed by atoms with van der Waals surface area (Å²) in [6.07, 6.45) is 0. The Kier molecular flexibility index (Phi) is 3.72. The number of carbonyl (C=O) groups is 1. The second kappa shape index (κ2) is 4.84. The third-order valence-electron chi connectivity index (χ3n) is 1.60. The first-order chi connectivity index (χ1) is 6.25. The molecule has 0 atom stereocenters. The molecule has 13 heavy (non-hydrogen) atoms. The van der Waals surface area contributed by atoms with Gasteiger partial charge in [0, 0.05) is 11.1 Å². The third kappa shape index (κ3) is 2.71. The fourth-order valence-corrected chi connectivity index (χ4v) is 1.17. The first-order valence-corrected chi connectivity index (χ1v) is 5.02. The van der Waals surface area contributed by atoms with E-state index >= 15 is 0 Å². The minimum absolute atomic E-state index is 0.0551. The predicted molar refractivity (Wildman–Crippen MR) is 57.1 cm³/mol. The molecule has 1 rings (SSSR count). The molecule has 0 unspecified atom stereocenters. The standard InChI is InChI=1S/C11H9BrO/c1-9(13)11-7-3-2-5-10(11)6-4-8-12/h2-3,5,7H,8H2,1H3. The van der Waals surface area contributed by atoms with Gasteiger partial charge in [-0.1, -0.05) is 46.0 Å². The van der Waals surface area contributed by atoms with Gasteiger partial charge in [0.15, 0.2) is 5.78 Å². The van der Waals surface area contributed by atoms with Gasteiger partial charge in [-0.3, -0.25) is 4.79 Å². The average molecular weight is 237 g/mol. The van der Waals surface area contributed by atoms with Gasteiger partial charge in [0.05, 0.1) is 5.33 Å². The largest absolute Gasteiger partial charge is 0.294 e. The highest BCUT2D eigenvalue weighted by Gasteiger charge is 2.02. The average Bonchev–Trinajstić information content (AvgIpc) is 2.15. The third-order valence-corrected chi connectivity index (χ3v) is 1.88. The van der Waals surface area contributed by atoms with Gasteiger partial charge in [0.2, 0.25) is 0 Å². The van der Waals surface area contributed by atoms with E-state index in [1.54, 1.807) is 13.0 Å². The predicted octanol–water partition coefficient (Wildman–Crippen LogP) is 2.64. The van der Waals surface area contributed by atoms with Gasteiger partial charge in [0.1, 0.15) is 0 Å². The molecule has 0 N–H and O–H groups in total. The molecule has 0 aliphatic carbocycles. The maximum absolute atomic E-state index is 11.1. The van der Waals surface area contributed by atoms with Gasteiger partial charge in [-0.2, -0.15) is 0 Å². The molecule has 1 aromatic rings. The second-order valence-electron chi connectivity index (χ2n) is 2.54. The summed E-state index contributed by atoms with van der Waals surface area (Å²) in [7, 11) is 0. The molecule has 0 aromatic heterocycles. The minimum atomic E-state index is 0.0551. The van der Waals surface area contributed by atoms with Crippen LogP contribution in [0.15, 0.2) is 24.3 Å². The molecule has 0 bridgehead atoms. The van der Waals surface area contributed by atoms with E-state index in [0.717, 1.165) is 5.56 Å². The first kappa shape index (κ1) is 10.0. The highest BCUT2D eigenvalue weighted by Crippen LogP contribution is 2.07. The lowest BCUT2D eigenvalue weighted by Crippen LogP contribution is -1.95. The lowest BCUT2D eigenvalue weighted by molar-refractivity contribution is 0.101. The van der Waals surface area contributed by atoms with Crippen LogP contribution < -0.4 is 0 Å². The van der Waals surface area contributed by atoms with E-state index in [1.807, 2.05) is 18.2 Å². The van der Waals surface area contributed by atoms with E-state index in [9.17, 15) is 4.79 Å². The molecule has 0 spiro atoms. The van der Waals surface area contributed by atoms with Crippen LogP contribution in [0.1, 0.15) is 22.8 Å². The zero-order chi connectivity index (χ0) is 9.68. The maximum Gasteiger partial charge on any atom is 0.161 e. The Morgan fingerprint density at radius 1 is 1.46 bits per heavy atom. The summed E-state index contributed by atoms with van der Waals surface area (Å²) in [5.41, 5.74) is 1.49. The fraction of sp³-hybridized carbons (Fsp3) is 0.182. The highest BCUT2D eigenvalue weighted by atomic mass is 79.9. The number of ketones is 1. The lowest BCUT2D eigenvalue weighted by Gasteiger charge is -1.97. The van der Waals surface area contributed by atoms with Crippen LogP contribution in [0.2, 0.25) is 0 Å². The highest BCUT2D eigenvalue weighted by molar-refractivity contribution is 9.09. The van der Waals surface area contributed by atoms with Crippen molar-refractivity contribution >= 4 is 21.7 Å². The number of halogens is 1. The Hall–Kier alpha value is -1.07. The van der Waals surface area contributed by atoms with Crippen molar-refractivity contribution in [1.29, 1.82) is 0 Å². The van der Waals surface area contributed by atoms with Crippen molar-refractivity contribution < 1.29 is 4.79 Å². The van der Waals surface area contributed by atoms with E-state index in [0.29, 0.717) is 10.9 Å². The zero-order valence-electron chi connectivity index (χ0n) is 7.30. The summed E-state index contributed by atoms with van der Waals surface area (Å²) in [5.74, 6) is 5.86. The Morgan fingerprint density at radius 3 is 2.77 bits per heavy atom. The van der Waals surface area contributed by atoms with Crippen molar-refractivity contribution in [3.8, 4) is 11.8 Å². The van der Waals surface area contributed by atoms with Crippen LogP contribution in [0, 0.1) is 11.8 Å². The van der Waals surface area contributed by atoms with Gasteiger partial charge >= 0.3 is 0 Å². The molecule has 0 saturated heterocycles. The van der Waals surface area contributed by atoms with E-state index in [4.69, 9.17) is 0 Å². The van der Waals surface area contributed by atoms with Crippen LogP contribution >= 0.6 is 15.9 Å². The number of carbonyl (C=O) groups excluding carboxylic acids is 1. The maximum atomic E-state index is 11.1. The number of rotatable bonds is 1. The van der Waals surface area contributed by atoms with Crippen LogP contribution in [-0.4, -0.2) is 11.1 Å². The Balaban J connectivity index is 3.12. The number of hydrogen-bond donors (Lipinski definition) is 0. The molecule has 0 fully saturated rings. The quantitative estimate of drug-likeness (QED) is 0.417. The van der Waals surface area contributed by atoms with Crippen molar-refractivity contribution in [3.63, 3.8) is 0 Å². The summed E-state index contributed by atoms with van der Waals surface area (Å²) >= 11 is 3.21. The van der Waals surface area contributed by atoms with Crippen LogP contribution in [0.3, 0.4) is 0 Å². The molecule has 0 heterocycles. The molecule has 0 radical (unpaired) electrons. The second-order valence-corrected chi connectivity index (χ2v) is 3.10. The normalized spacial score (nSPS) is 8.77. The molecular weight excluding hydrogens is 228 g/mol. The van der Waals surface area contributed by atoms with Crippen molar-refractivity contribution in [3.05, 3.63) is 35.4 Å². The molecule has 66 valence electrons. The molecule has 1 aromatic carbocycles. The van der Waals surface area contributed by atoms with E-state index in [-0.39, 0.29) is 5.78 Å². The summed E-state index contributed by atoms with van der Waals surface area (Å²) in [6, 6.07) is 7.37. The summed E-state index contributed by atoms with van der Waals surface area (Å²) < 4.78 is 0. The monoisotopic (exact) mass is 236 g/mol. The molecule has 0 aliphatic rings. The Morgan fingerprint density at radius 2 is 2.15 bits per heavy atom. The van der Waals surface area contributed by atoms with Gasteiger partial charge in [-0.15, -0.1) is 0 Å². The summed E-state index contributed by atoms with van der Waals surface area (Å²) in [5, 5.41) is 0.624. The zero-order valence-corrected chi connectivity index (χ0v) is 8.89. The van der Waals surface area contributed by atoms with Gasteiger partial charge in [-0.25, -0.2) is 0 Å². The van der Waals surface area contributed by atoms with Gasteiger partial charge in [0.25, 0.3) is 0 Å².